The van der Waals surface area contributed by atoms with E-state index in [4.69, 9.17) is 17.3 Å². The van der Waals surface area contributed by atoms with Gasteiger partial charge in [-0.05, 0) is 24.3 Å². The van der Waals surface area contributed by atoms with E-state index in [1.807, 2.05) is 36.4 Å². The van der Waals surface area contributed by atoms with Crippen LogP contribution in [0.15, 0.2) is 64.5 Å². The van der Waals surface area contributed by atoms with E-state index in [0.717, 1.165) is 11.4 Å². The Balaban J connectivity index is 2.05. The molecule has 0 saturated carbocycles. The van der Waals surface area contributed by atoms with Crippen LogP contribution in [0.1, 0.15) is 6.42 Å². The molecule has 16 heavy (non-hydrogen) atoms. The maximum atomic E-state index is 5.93. The summed E-state index contributed by atoms with van der Waals surface area (Å²) in [7, 11) is 0. The number of halogens is 1. The van der Waals surface area contributed by atoms with Crippen LogP contribution in [0.25, 0.3) is 0 Å². The molecule has 0 bridgehead atoms. The van der Waals surface area contributed by atoms with Crippen molar-refractivity contribution in [3.05, 3.63) is 54.3 Å². The van der Waals surface area contributed by atoms with Crippen molar-refractivity contribution in [1.82, 2.24) is 0 Å². The SMILES string of the molecule is NC1(Cl)C=CC(N=Nc2ccccc2)=CC1. The molecule has 0 saturated heterocycles. The lowest BCUT2D eigenvalue weighted by molar-refractivity contribution is 0.734. The van der Waals surface area contributed by atoms with Crippen molar-refractivity contribution in [3.8, 4) is 0 Å². The van der Waals surface area contributed by atoms with Gasteiger partial charge in [0.15, 0.2) is 0 Å². The topological polar surface area (TPSA) is 50.7 Å². The maximum absolute atomic E-state index is 5.93. The molecule has 0 aliphatic heterocycles. The summed E-state index contributed by atoms with van der Waals surface area (Å²) in [6, 6.07) is 9.57. The van der Waals surface area contributed by atoms with Gasteiger partial charge in [-0.15, -0.1) is 0 Å². The van der Waals surface area contributed by atoms with Crippen molar-refractivity contribution in [2.24, 2.45) is 16.0 Å². The van der Waals surface area contributed by atoms with Crippen molar-refractivity contribution in [2.75, 3.05) is 0 Å². The molecule has 0 amide bonds. The zero-order valence-corrected chi connectivity index (χ0v) is 9.43. The highest BCUT2D eigenvalue weighted by atomic mass is 35.5. The van der Waals surface area contributed by atoms with Crippen LogP contribution < -0.4 is 5.73 Å². The highest BCUT2D eigenvalue weighted by Gasteiger charge is 2.18. The Morgan fingerprint density at radius 2 is 1.94 bits per heavy atom. The monoisotopic (exact) mass is 233 g/mol. The van der Waals surface area contributed by atoms with Crippen molar-refractivity contribution < 1.29 is 0 Å². The minimum absolute atomic E-state index is 0.564. The number of benzene rings is 1. The van der Waals surface area contributed by atoms with Gasteiger partial charge in [-0.2, -0.15) is 10.2 Å². The maximum Gasteiger partial charge on any atom is 0.114 e. The third kappa shape index (κ3) is 3.02. The lowest BCUT2D eigenvalue weighted by atomic mass is 10.1. The molecule has 1 unspecified atom stereocenters. The normalized spacial score (nSPS) is 24.8. The van der Waals surface area contributed by atoms with Gasteiger partial charge in [-0.25, -0.2) is 0 Å². The van der Waals surface area contributed by atoms with Gasteiger partial charge < -0.3 is 5.73 Å². The van der Waals surface area contributed by atoms with Crippen molar-refractivity contribution >= 4 is 17.3 Å². The van der Waals surface area contributed by atoms with Crippen LogP contribution in [0.2, 0.25) is 0 Å². The van der Waals surface area contributed by atoms with Gasteiger partial charge in [0.2, 0.25) is 0 Å². The van der Waals surface area contributed by atoms with E-state index in [9.17, 15) is 0 Å². The van der Waals surface area contributed by atoms with E-state index in [1.54, 1.807) is 12.2 Å². The van der Waals surface area contributed by atoms with Crippen LogP contribution in [0, 0.1) is 0 Å². The van der Waals surface area contributed by atoms with Gasteiger partial charge in [0.25, 0.3) is 0 Å². The number of allylic oxidation sites excluding steroid dienone is 1. The Morgan fingerprint density at radius 1 is 1.19 bits per heavy atom. The fraction of sp³-hybridized carbons (Fsp3) is 0.167. The number of rotatable bonds is 2. The average Bonchev–Trinajstić information content (AvgIpc) is 2.29. The van der Waals surface area contributed by atoms with Crippen LogP contribution >= 0.6 is 11.6 Å². The number of nitrogens with zero attached hydrogens (tertiary/aromatic N) is 2. The lowest BCUT2D eigenvalue weighted by Crippen LogP contribution is -2.30. The van der Waals surface area contributed by atoms with Crippen LogP contribution in [-0.4, -0.2) is 5.00 Å². The summed E-state index contributed by atoms with van der Waals surface area (Å²) >= 11 is 5.93. The smallest absolute Gasteiger partial charge is 0.114 e. The number of hydrogen-bond acceptors (Lipinski definition) is 3. The van der Waals surface area contributed by atoms with E-state index in [2.05, 4.69) is 10.2 Å². The molecule has 0 aromatic heterocycles. The van der Waals surface area contributed by atoms with E-state index < -0.39 is 5.00 Å². The van der Waals surface area contributed by atoms with E-state index >= 15 is 0 Å². The molecule has 1 aromatic carbocycles. The Morgan fingerprint density at radius 3 is 2.56 bits per heavy atom. The van der Waals surface area contributed by atoms with Gasteiger partial charge in [0, 0.05) is 6.42 Å². The van der Waals surface area contributed by atoms with Crippen molar-refractivity contribution in [1.29, 1.82) is 0 Å². The number of hydrogen-bond donors (Lipinski definition) is 1. The van der Waals surface area contributed by atoms with Gasteiger partial charge in [-0.1, -0.05) is 35.9 Å². The summed E-state index contributed by atoms with van der Waals surface area (Å²) in [6.45, 7) is 0. The Bertz CT molecular complexity index is 447. The largest absolute Gasteiger partial charge is 0.309 e. The zero-order valence-electron chi connectivity index (χ0n) is 8.68. The predicted molar refractivity (Wildman–Crippen MR) is 65.6 cm³/mol. The fourth-order valence-corrected chi connectivity index (χ4v) is 1.45. The van der Waals surface area contributed by atoms with Gasteiger partial charge in [0.1, 0.15) is 5.00 Å². The molecular formula is C12H12ClN3. The third-order valence-electron chi connectivity index (χ3n) is 2.19. The summed E-state index contributed by atoms with van der Waals surface area (Å²) in [5.41, 5.74) is 7.32. The Kier molecular flexibility index (Phi) is 3.17. The van der Waals surface area contributed by atoms with E-state index in [1.165, 1.54) is 0 Å². The molecule has 0 fully saturated rings. The highest BCUT2D eigenvalue weighted by Crippen LogP contribution is 2.23. The highest BCUT2D eigenvalue weighted by molar-refractivity contribution is 6.25. The first-order valence-electron chi connectivity index (χ1n) is 5.00. The summed E-state index contributed by atoms with van der Waals surface area (Å²) in [5, 5.41) is 8.20. The first-order chi connectivity index (χ1) is 7.66. The van der Waals surface area contributed by atoms with Gasteiger partial charge in [-0.3, -0.25) is 0 Å². The minimum atomic E-state index is -0.772. The number of azo groups is 1. The second-order valence-corrected chi connectivity index (χ2v) is 4.33. The van der Waals surface area contributed by atoms with Crippen LogP contribution in [0.5, 0.6) is 0 Å². The third-order valence-corrected chi connectivity index (χ3v) is 2.47. The molecule has 2 rings (SSSR count). The lowest BCUT2D eigenvalue weighted by Gasteiger charge is -2.18. The first-order valence-corrected chi connectivity index (χ1v) is 5.37. The molecule has 0 heterocycles. The molecule has 3 nitrogen and oxygen atoms in total. The first kappa shape index (κ1) is 11.0. The zero-order chi connectivity index (χ0) is 11.4. The molecule has 1 aliphatic rings. The standard InChI is InChI=1S/C12H12ClN3/c13-12(14)8-6-11(7-9-12)16-15-10-4-2-1-3-5-10/h1-8H,9,14H2. The predicted octanol–water partition coefficient (Wildman–Crippen LogP) is 3.51. The molecule has 4 heteroatoms. The van der Waals surface area contributed by atoms with Crippen molar-refractivity contribution in [3.63, 3.8) is 0 Å². The summed E-state index contributed by atoms with van der Waals surface area (Å²) < 4.78 is 0. The second kappa shape index (κ2) is 4.60. The van der Waals surface area contributed by atoms with Crippen LogP contribution in [0.3, 0.4) is 0 Å². The molecule has 0 spiro atoms. The van der Waals surface area contributed by atoms with E-state index in [-0.39, 0.29) is 0 Å². The Labute approximate surface area is 99.3 Å². The summed E-state index contributed by atoms with van der Waals surface area (Å²) in [5.74, 6) is 0. The molecule has 0 radical (unpaired) electrons. The molecule has 1 aliphatic carbocycles. The second-order valence-electron chi connectivity index (χ2n) is 3.63. The van der Waals surface area contributed by atoms with Gasteiger partial charge in [0.05, 0.1) is 11.4 Å². The minimum Gasteiger partial charge on any atom is -0.309 e. The average molecular weight is 234 g/mol. The van der Waals surface area contributed by atoms with Crippen LogP contribution in [-0.2, 0) is 0 Å². The molecule has 2 N–H and O–H groups in total. The quantitative estimate of drug-likeness (QED) is 0.474. The van der Waals surface area contributed by atoms with Crippen molar-refractivity contribution in [2.45, 2.75) is 11.4 Å². The van der Waals surface area contributed by atoms with Gasteiger partial charge >= 0.3 is 0 Å². The molecule has 1 atom stereocenters. The molecule has 82 valence electrons. The van der Waals surface area contributed by atoms with Crippen LogP contribution in [0.4, 0.5) is 5.69 Å². The Hall–Kier alpha value is -1.45. The number of alkyl halides is 1. The number of nitrogens with two attached hydrogens (primary N) is 1. The molecular weight excluding hydrogens is 222 g/mol. The van der Waals surface area contributed by atoms with E-state index in [0.29, 0.717) is 6.42 Å². The fourth-order valence-electron chi connectivity index (χ4n) is 1.31. The molecule has 1 aromatic rings. The summed E-state index contributed by atoms with van der Waals surface area (Å²) in [6.07, 6.45) is 5.95. The summed E-state index contributed by atoms with van der Waals surface area (Å²) in [4.78, 5) is -0.772.